The van der Waals surface area contributed by atoms with Crippen LogP contribution in [0.1, 0.15) is 28.8 Å². The number of halogens is 1. The van der Waals surface area contributed by atoms with Gasteiger partial charge in [-0.2, -0.15) is 0 Å². The largest absolute Gasteiger partial charge is 0.352 e. The van der Waals surface area contributed by atoms with Crippen LogP contribution in [0.4, 0.5) is 4.39 Å². The number of hydrogen-bond acceptors (Lipinski definition) is 4. The molecule has 0 aliphatic carbocycles. The predicted octanol–water partition coefficient (Wildman–Crippen LogP) is 1.64. The quantitative estimate of drug-likeness (QED) is 0.768. The summed E-state index contributed by atoms with van der Waals surface area (Å²) in [6.45, 7) is 1.09. The van der Waals surface area contributed by atoms with Gasteiger partial charge in [-0.3, -0.25) is 9.59 Å². The number of carbonyl (C=O) groups excluding carboxylic acids is 2. The van der Waals surface area contributed by atoms with Crippen LogP contribution in [0, 0.1) is 11.7 Å². The average Bonchev–Trinajstić information content (AvgIpc) is 2.72. The van der Waals surface area contributed by atoms with E-state index in [-0.39, 0.29) is 29.2 Å². The molecule has 9 heteroatoms. The first-order valence-electron chi connectivity index (χ1n) is 9.18. The number of amides is 2. The van der Waals surface area contributed by atoms with E-state index in [2.05, 4.69) is 5.32 Å². The van der Waals surface area contributed by atoms with Gasteiger partial charge in [0.25, 0.3) is 5.91 Å². The number of sulfonamides is 1. The molecular weight excluding hydrogens is 397 g/mol. The van der Waals surface area contributed by atoms with Gasteiger partial charge in [0.1, 0.15) is 5.82 Å². The summed E-state index contributed by atoms with van der Waals surface area (Å²) in [7, 11) is -3.75. The van der Waals surface area contributed by atoms with E-state index >= 15 is 0 Å². The van der Waals surface area contributed by atoms with Crippen LogP contribution in [-0.4, -0.2) is 38.2 Å². The third kappa shape index (κ3) is 5.39. The lowest BCUT2D eigenvalue weighted by Crippen LogP contribution is -2.45. The Labute approximate surface area is 168 Å². The number of nitrogens with two attached hydrogens (primary N) is 1. The monoisotopic (exact) mass is 419 g/mol. The van der Waals surface area contributed by atoms with Gasteiger partial charge in [-0.15, -0.1) is 0 Å². The summed E-state index contributed by atoms with van der Waals surface area (Å²) in [6.07, 6.45) is 1.37. The zero-order valence-electron chi connectivity index (χ0n) is 15.7. The van der Waals surface area contributed by atoms with E-state index < -0.39 is 15.8 Å². The lowest BCUT2D eigenvalue weighted by Gasteiger charge is -2.32. The van der Waals surface area contributed by atoms with Crippen LogP contribution in [0.15, 0.2) is 53.4 Å². The molecule has 1 atom stereocenters. The highest BCUT2D eigenvalue weighted by Crippen LogP contribution is 2.19. The van der Waals surface area contributed by atoms with Crippen LogP contribution < -0.4 is 10.5 Å². The van der Waals surface area contributed by atoms with Crippen molar-refractivity contribution in [2.45, 2.75) is 24.3 Å². The Morgan fingerprint density at radius 2 is 1.76 bits per heavy atom. The van der Waals surface area contributed by atoms with Crippen LogP contribution in [0.25, 0.3) is 0 Å². The first-order chi connectivity index (χ1) is 13.7. The minimum atomic E-state index is -3.75. The highest BCUT2D eigenvalue weighted by molar-refractivity contribution is 7.89. The van der Waals surface area contributed by atoms with E-state index in [0.29, 0.717) is 31.5 Å². The molecular formula is C20H22FN3O4S. The minimum absolute atomic E-state index is 0.00908. The van der Waals surface area contributed by atoms with Crippen LogP contribution >= 0.6 is 0 Å². The number of benzene rings is 2. The van der Waals surface area contributed by atoms with Gasteiger partial charge >= 0.3 is 0 Å². The fourth-order valence-corrected chi connectivity index (χ4v) is 3.80. The highest BCUT2D eigenvalue weighted by atomic mass is 32.2. The van der Waals surface area contributed by atoms with Crippen LogP contribution in [-0.2, 0) is 21.4 Å². The van der Waals surface area contributed by atoms with Crippen LogP contribution in [0.2, 0.25) is 0 Å². The van der Waals surface area contributed by atoms with Gasteiger partial charge in [-0.05, 0) is 54.8 Å². The van der Waals surface area contributed by atoms with Crippen molar-refractivity contribution in [3.63, 3.8) is 0 Å². The first kappa shape index (κ1) is 20.9. The molecule has 1 unspecified atom stereocenters. The van der Waals surface area contributed by atoms with E-state index in [9.17, 15) is 22.4 Å². The topological polar surface area (TPSA) is 110 Å². The number of hydrogen-bond donors (Lipinski definition) is 2. The lowest BCUT2D eigenvalue weighted by atomic mass is 9.96. The normalized spacial score (nSPS) is 17.0. The maximum absolute atomic E-state index is 13.1. The molecule has 1 fully saturated rings. The van der Waals surface area contributed by atoms with Gasteiger partial charge in [0.15, 0.2) is 0 Å². The van der Waals surface area contributed by atoms with E-state index in [0.717, 1.165) is 5.56 Å². The summed E-state index contributed by atoms with van der Waals surface area (Å²) in [6, 6.07) is 11.3. The average molecular weight is 419 g/mol. The second-order valence-electron chi connectivity index (χ2n) is 7.00. The van der Waals surface area contributed by atoms with Gasteiger partial charge in [0.05, 0.1) is 10.8 Å². The molecule has 0 saturated carbocycles. The third-order valence-corrected chi connectivity index (χ3v) is 5.82. The number of nitrogens with zero attached hydrogens (tertiary/aromatic N) is 1. The third-order valence-electron chi connectivity index (χ3n) is 4.89. The van der Waals surface area contributed by atoms with Crippen molar-refractivity contribution in [1.82, 2.24) is 10.2 Å². The molecule has 2 aromatic rings. The number of likely N-dealkylation sites (tertiary alicyclic amines) is 1. The second kappa shape index (κ2) is 8.71. The Bertz CT molecular complexity index is 991. The van der Waals surface area contributed by atoms with E-state index in [1.54, 1.807) is 17.0 Å². The second-order valence-corrected chi connectivity index (χ2v) is 8.57. The van der Waals surface area contributed by atoms with Gasteiger partial charge in [-0.1, -0.05) is 12.1 Å². The number of nitrogens with one attached hydrogen (secondary N) is 1. The molecule has 1 aliphatic rings. The summed E-state index contributed by atoms with van der Waals surface area (Å²) in [5, 5.41) is 7.89. The van der Waals surface area contributed by atoms with Gasteiger partial charge in [0.2, 0.25) is 15.9 Å². The van der Waals surface area contributed by atoms with Gasteiger partial charge in [-0.25, -0.2) is 17.9 Å². The van der Waals surface area contributed by atoms with Crippen molar-refractivity contribution in [1.29, 1.82) is 0 Å². The van der Waals surface area contributed by atoms with Crippen molar-refractivity contribution >= 4 is 21.8 Å². The Balaban J connectivity index is 1.56. The molecule has 0 bridgehead atoms. The zero-order chi connectivity index (χ0) is 21.0. The van der Waals surface area contributed by atoms with E-state index in [4.69, 9.17) is 5.14 Å². The van der Waals surface area contributed by atoms with Crippen LogP contribution in [0.5, 0.6) is 0 Å². The molecule has 1 heterocycles. The minimum Gasteiger partial charge on any atom is -0.352 e. The molecule has 1 saturated heterocycles. The Kier molecular flexibility index (Phi) is 6.29. The van der Waals surface area contributed by atoms with E-state index in [1.807, 2.05) is 0 Å². The molecule has 154 valence electrons. The first-order valence-corrected chi connectivity index (χ1v) is 10.7. The maximum atomic E-state index is 13.1. The fraction of sp³-hybridized carbons (Fsp3) is 0.300. The fourth-order valence-electron chi connectivity index (χ4n) is 3.28. The van der Waals surface area contributed by atoms with Gasteiger partial charge in [0, 0.05) is 25.2 Å². The van der Waals surface area contributed by atoms with Crippen molar-refractivity contribution in [3.8, 4) is 0 Å². The van der Waals surface area contributed by atoms with Crippen molar-refractivity contribution < 1.29 is 22.4 Å². The summed E-state index contributed by atoms with van der Waals surface area (Å²) in [5.41, 5.74) is 1.13. The highest BCUT2D eigenvalue weighted by Gasteiger charge is 2.28. The zero-order valence-corrected chi connectivity index (χ0v) is 16.5. The molecule has 3 rings (SSSR count). The molecule has 0 spiro atoms. The van der Waals surface area contributed by atoms with E-state index in [1.165, 1.54) is 36.4 Å². The molecule has 29 heavy (non-hydrogen) atoms. The molecule has 2 aromatic carbocycles. The van der Waals surface area contributed by atoms with Crippen molar-refractivity contribution in [2.75, 3.05) is 13.1 Å². The van der Waals surface area contributed by atoms with Crippen molar-refractivity contribution in [2.24, 2.45) is 11.1 Å². The SMILES string of the molecule is NS(=O)(=O)c1ccc(CNC(=O)C2CCCN(C(=O)c3ccc(F)cc3)C2)cc1. The van der Waals surface area contributed by atoms with Crippen molar-refractivity contribution in [3.05, 3.63) is 65.5 Å². The lowest BCUT2D eigenvalue weighted by molar-refractivity contribution is -0.126. The molecule has 3 N–H and O–H groups in total. The maximum Gasteiger partial charge on any atom is 0.253 e. The predicted molar refractivity (Wildman–Crippen MR) is 105 cm³/mol. The Morgan fingerprint density at radius 1 is 1.10 bits per heavy atom. The smallest absolute Gasteiger partial charge is 0.253 e. The molecule has 0 radical (unpaired) electrons. The molecule has 2 amide bonds. The number of carbonyl (C=O) groups is 2. The van der Waals surface area contributed by atoms with Crippen LogP contribution in [0.3, 0.4) is 0 Å². The summed E-state index contributed by atoms with van der Waals surface area (Å²) in [4.78, 5) is 26.7. The Hall–Kier alpha value is -2.78. The number of rotatable bonds is 5. The summed E-state index contributed by atoms with van der Waals surface area (Å²) >= 11 is 0. The standard InChI is InChI=1S/C20H22FN3O4S/c21-17-7-5-15(6-8-17)20(26)24-11-1-2-16(13-24)19(25)23-12-14-3-9-18(10-4-14)29(22,27)28/h3-10,16H,1-2,11-13H2,(H,23,25)(H2,22,27,28). The summed E-state index contributed by atoms with van der Waals surface area (Å²) in [5.74, 6) is -1.13. The Morgan fingerprint density at radius 3 is 2.38 bits per heavy atom. The van der Waals surface area contributed by atoms with Gasteiger partial charge < -0.3 is 10.2 Å². The number of primary sulfonamides is 1. The number of piperidine rings is 1. The molecule has 1 aliphatic heterocycles. The molecule has 0 aromatic heterocycles. The molecule has 7 nitrogen and oxygen atoms in total. The summed E-state index contributed by atoms with van der Waals surface area (Å²) < 4.78 is 35.6.